The van der Waals surface area contributed by atoms with Gasteiger partial charge in [-0.05, 0) is 25.1 Å². The van der Waals surface area contributed by atoms with E-state index in [4.69, 9.17) is 23.2 Å². The highest BCUT2D eigenvalue weighted by atomic mass is 35.5. The van der Waals surface area contributed by atoms with Crippen LogP contribution in [0.2, 0.25) is 10.0 Å². The zero-order valence-electron chi connectivity index (χ0n) is 15.6. The second-order valence-corrected chi connectivity index (χ2v) is 9.28. The summed E-state index contributed by atoms with van der Waals surface area (Å²) in [5, 5.41) is 15.1. The molecule has 1 saturated heterocycles. The minimum Gasteiger partial charge on any atom is -0.477 e. The zero-order chi connectivity index (χ0) is 22.0. The van der Waals surface area contributed by atoms with Gasteiger partial charge in [-0.3, -0.25) is 19.3 Å². The van der Waals surface area contributed by atoms with E-state index >= 15 is 0 Å². The number of carboxylic acids is 1. The second kappa shape index (κ2) is 9.51. The van der Waals surface area contributed by atoms with Gasteiger partial charge in [0.25, 0.3) is 5.91 Å². The monoisotopic (exact) mass is 489 g/mol. The number of nitrogens with zero attached hydrogens (tertiary/aromatic N) is 1. The van der Waals surface area contributed by atoms with Gasteiger partial charge in [0, 0.05) is 22.2 Å². The summed E-state index contributed by atoms with van der Waals surface area (Å²) < 4.78 is 0. The Kier molecular flexibility index (Phi) is 7.22. The molecule has 0 aliphatic carbocycles. The number of carbonyl (C=O) groups excluding carboxylic acids is 3. The third-order valence-corrected chi connectivity index (χ3v) is 7.36. The fourth-order valence-corrected chi connectivity index (χ4v) is 5.65. The van der Waals surface area contributed by atoms with Gasteiger partial charge in [0.15, 0.2) is 0 Å². The summed E-state index contributed by atoms with van der Waals surface area (Å²) in [4.78, 5) is 50.4. The summed E-state index contributed by atoms with van der Waals surface area (Å²) in [6.07, 6.45) is 0. The van der Waals surface area contributed by atoms with E-state index in [2.05, 4.69) is 10.6 Å². The smallest absolute Gasteiger partial charge is 0.353 e. The number of hydrogen-bond donors (Lipinski definition) is 3. The van der Waals surface area contributed by atoms with Crippen LogP contribution in [0.15, 0.2) is 34.4 Å². The SMILES string of the molecule is CCNC(=O)C1=C(C(=O)O)N2C(=O)C(NC(=O)CSc3cc(Cl)ccc3Cl)[C@H]2SC1. The molecule has 1 aromatic carbocycles. The first kappa shape index (κ1) is 22.8. The van der Waals surface area contributed by atoms with Gasteiger partial charge in [-0.1, -0.05) is 23.2 Å². The van der Waals surface area contributed by atoms with E-state index in [-0.39, 0.29) is 22.8 Å². The molecular weight excluding hydrogens is 473 g/mol. The average molecular weight is 490 g/mol. The van der Waals surface area contributed by atoms with Crippen LogP contribution in [0.1, 0.15) is 6.92 Å². The highest BCUT2D eigenvalue weighted by Gasteiger charge is 2.54. The molecule has 8 nitrogen and oxygen atoms in total. The van der Waals surface area contributed by atoms with Crippen LogP contribution in [0, 0.1) is 0 Å². The molecule has 1 fully saturated rings. The molecule has 1 aromatic rings. The molecule has 0 aromatic heterocycles. The molecule has 0 radical (unpaired) electrons. The predicted octanol–water partition coefficient (Wildman–Crippen LogP) is 1.96. The van der Waals surface area contributed by atoms with Gasteiger partial charge in [-0.25, -0.2) is 4.79 Å². The summed E-state index contributed by atoms with van der Waals surface area (Å²) in [6, 6.07) is 4.05. The van der Waals surface area contributed by atoms with E-state index in [1.807, 2.05) is 0 Å². The molecule has 1 unspecified atom stereocenters. The van der Waals surface area contributed by atoms with Gasteiger partial charge < -0.3 is 15.7 Å². The molecular formula is C18H17Cl2N3O5S2. The van der Waals surface area contributed by atoms with Crippen LogP contribution in [0.25, 0.3) is 0 Å². The molecule has 160 valence electrons. The van der Waals surface area contributed by atoms with Gasteiger partial charge in [-0.15, -0.1) is 23.5 Å². The third kappa shape index (κ3) is 4.56. The summed E-state index contributed by atoms with van der Waals surface area (Å²) >= 11 is 14.4. The molecule has 2 aliphatic rings. The number of rotatable bonds is 7. The third-order valence-electron chi connectivity index (χ3n) is 4.35. The molecule has 2 atom stereocenters. The number of likely N-dealkylation sites (N-methyl/N-ethyl adjacent to an activating group) is 1. The highest BCUT2D eigenvalue weighted by Crippen LogP contribution is 2.40. The topological polar surface area (TPSA) is 116 Å². The van der Waals surface area contributed by atoms with Crippen LogP contribution in [-0.2, 0) is 19.2 Å². The van der Waals surface area contributed by atoms with Gasteiger partial charge in [0.2, 0.25) is 11.8 Å². The largest absolute Gasteiger partial charge is 0.477 e. The van der Waals surface area contributed by atoms with Gasteiger partial charge in [0.05, 0.1) is 16.3 Å². The number of fused-ring (bicyclic) bond motifs is 1. The lowest BCUT2D eigenvalue weighted by Gasteiger charge is -2.49. The van der Waals surface area contributed by atoms with Gasteiger partial charge in [0.1, 0.15) is 17.1 Å². The van der Waals surface area contributed by atoms with Crippen molar-refractivity contribution in [2.45, 2.75) is 23.2 Å². The Morgan fingerprint density at radius 1 is 1.33 bits per heavy atom. The van der Waals surface area contributed by atoms with E-state index < -0.39 is 35.1 Å². The first-order valence-corrected chi connectivity index (χ1v) is 11.6. The fourth-order valence-electron chi connectivity index (χ4n) is 3.01. The molecule has 12 heteroatoms. The van der Waals surface area contributed by atoms with E-state index in [0.29, 0.717) is 21.5 Å². The van der Waals surface area contributed by atoms with Crippen molar-refractivity contribution in [2.24, 2.45) is 0 Å². The number of nitrogens with one attached hydrogen (secondary N) is 2. The molecule has 3 rings (SSSR count). The normalized spacial score (nSPS) is 20.4. The van der Waals surface area contributed by atoms with Crippen molar-refractivity contribution < 1.29 is 24.3 Å². The summed E-state index contributed by atoms with van der Waals surface area (Å²) in [5.41, 5.74) is -0.296. The van der Waals surface area contributed by atoms with Crippen molar-refractivity contribution in [1.82, 2.24) is 15.5 Å². The number of β-lactam (4-membered cyclic amide) rings is 1. The minimum absolute atomic E-state index is 0.00696. The van der Waals surface area contributed by atoms with Crippen molar-refractivity contribution in [3.05, 3.63) is 39.5 Å². The Balaban J connectivity index is 1.66. The number of carboxylic acid groups (broad SMARTS) is 1. The van der Waals surface area contributed by atoms with E-state index in [9.17, 15) is 24.3 Å². The van der Waals surface area contributed by atoms with Crippen LogP contribution in [0.3, 0.4) is 0 Å². The predicted molar refractivity (Wildman–Crippen MR) is 116 cm³/mol. The Morgan fingerprint density at radius 3 is 2.73 bits per heavy atom. The molecule has 3 amide bonds. The second-order valence-electron chi connectivity index (χ2n) is 6.31. The summed E-state index contributed by atoms with van der Waals surface area (Å²) in [6.45, 7) is 2.05. The van der Waals surface area contributed by atoms with Crippen LogP contribution >= 0.6 is 46.7 Å². The number of amides is 3. The number of carbonyl (C=O) groups is 4. The molecule has 0 spiro atoms. The van der Waals surface area contributed by atoms with Crippen molar-refractivity contribution in [2.75, 3.05) is 18.1 Å². The van der Waals surface area contributed by atoms with Crippen molar-refractivity contribution >= 4 is 70.4 Å². The Hall–Kier alpha value is -1.88. The maximum absolute atomic E-state index is 12.6. The van der Waals surface area contributed by atoms with Crippen LogP contribution in [0.4, 0.5) is 0 Å². The maximum Gasteiger partial charge on any atom is 0.353 e. The maximum atomic E-state index is 12.6. The summed E-state index contributed by atoms with van der Waals surface area (Å²) in [5.74, 6) is -2.70. The standard InChI is InChI=1S/C18H17Cl2N3O5S2/c1-2-21-15(25)9-6-30-17-13(16(26)23(17)14(9)18(27)28)22-12(24)7-29-11-5-8(19)3-4-10(11)20/h3-5,13,17H,2,6-7H2,1H3,(H,21,25)(H,22,24)(H,27,28)/t13?,17-/m1/s1. The quantitative estimate of drug-likeness (QED) is 0.395. The lowest BCUT2D eigenvalue weighted by Crippen LogP contribution is -2.71. The van der Waals surface area contributed by atoms with Crippen molar-refractivity contribution in [3.63, 3.8) is 0 Å². The van der Waals surface area contributed by atoms with E-state index in [0.717, 1.165) is 4.90 Å². The number of aliphatic carboxylic acids is 1. The average Bonchev–Trinajstić information content (AvgIpc) is 2.71. The van der Waals surface area contributed by atoms with E-state index in [1.54, 1.807) is 25.1 Å². The Bertz CT molecular complexity index is 956. The lowest BCUT2D eigenvalue weighted by molar-refractivity contribution is -0.150. The van der Waals surface area contributed by atoms with Gasteiger partial charge in [-0.2, -0.15) is 0 Å². The molecule has 2 heterocycles. The first-order valence-electron chi connectivity index (χ1n) is 8.81. The zero-order valence-corrected chi connectivity index (χ0v) is 18.8. The van der Waals surface area contributed by atoms with Crippen LogP contribution < -0.4 is 10.6 Å². The minimum atomic E-state index is -1.36. The van der Waals surface area contributed by atoms with Crippen LogP contribution in [0.5, 0.6) is 0 Å². The molecule has 0 bridgehead atoms. The number of benzene rings is 1. The molecule has 30 heavy (non-hydrogen) atoms. The molecule has 2 aliphatic heterocycles. The molecule has 0 saturated carbocycles. The highest BCUT2D eigenvalue weighted by molar-refractivity contribution is 8.00. The van der Waals surface area contributed by atoms with Crippen molar-refractivity contribution in [3.8, 4) is 0 Å². The number of halogens is 2. The Morgan fingerprint density at radius 2 is 2.07 bits per heavy atom. The first-order chi connectivity index (χ1) is 14.2. The molecule has 3 N–H and O–H groups in total. The fraction of sp³-hybridized carbons (Fsp3) is 0.333. The van der Waals surface area contributed by atoms with E-state index in [1.165, 1.54) is 23.5 Å². The lowest BCUT2D eigenvalue weighted by atomic mass is 10.0. The van der Waals surface area contributed by atoms with Crippen LogP contribution in [-0.4, -0.2) is 63.2 Å². The number of hydrogen-bond acceptors (Lipinski definition) is 6. The van der Waals surface area contributed by atoms with Crippen molar-refractivity contribution in [1.29, 1.82) is 0 Å². The van der Waals surface area contributed by atoms with Gasteiger partial charge >= 0.3 is 5.97 Å². The number of thioether (sulfide) groups is 2. The Labute approximate surface area is 190 Å². The summed E-state index contributed by atoms with van der Waals surface area (Å²) in [7, 11) is 0.